The molecule has 14 heavy (non-hydrogen) atoms. The minimum absolute atomic E-state index is 0.282. The van der Waals surface area contributed by atoms with Crippen molar-refractivity contribution in [2.45, 2.75) is 38.0 Å². The first kappa shape index (κ1) is 11.7. The maximum Gasteiger partial charge on any atom is 0.407 e. The summed E-state index contributed by atoms with van der Waals surface area (Å²) in [4.78, 5) is 4.90. The van der Waals surface area contributed by atoms with Gasteiger partial charge in [0.2, 0.25) is 0 Å². The third kappa shape index (κ3) is 2.59. The summed E-state index contributed by atoms with van der Waals surface area (Å²) in [6.07, 6.45) is -3.41. The van der Waals surface area contributed by atoms with Gasteiger partial charge >= 0.3 is 6.18 Å². The Kier molecular flexibility index (Phi) is 3.74. The first-order valence-electron chi connectivity index (χ1n) is 4.68. The zero-order valence-electron chi connectivity index (χ0n) is 8.05. The Labute approximate surface area is 81.0 Å². The van der Waals surface area contributed by atoms with Gasteiger partial charge in [-0.2, -0.15) is 18.2 Å². The SMILES string of the molecule is CCC(N)C(N1CCCO1)C(F)(F)F. The van der Waals surface area contributed by atoms with Crippen molar-refractivity contribution in [2.24, 2.45) is 5.73 Å². The van der Waals surface area contributed by atoms with Crippen molar-refractivity contribution in [1.82, 2.24) is 5.06 Å². The van der Waals surface area contributed by atoms with Gasteiger partial charge in [-0.15, -0.1) is 0 Å². The average molecular weight is 212 g/mol. The van der Waals surface area contributed by atoms with Crippen molar-refractivity contribution in [3.05, 3.63) is 0 Å². The molecule has 2 atom stereocenters. The molecule has 0 aliphatic carbocycles. The van der Waals surface area contributed by atoms with Crippen LogP contribution >= 0.6 is 0 Å². The number of hydrogen-bond donors (Lipinski definition) is 1. The molecule has 1 aliphatic heterocycles. The van der Waals surface area contributed by atoms with E-state index in [1.54, 1.807) is 6.92 Å². The van der Waals surface area contributed by atoms with Crippen LogP contribution in [0.25, 0.3) is 0 Å². The van der Waals surface area contributed by atoms with E-state index in [0.29, 0.717) is 19.6 Å². The molecule has 2 unspecified atom stereocenters. The molecule has 0 saturated carbocycles. The predicted molar refractivity (Wildman–Crippen MR) is 45.4 cm³/mol. The van der Waals surface area contributed by atoms with Crippen LogP contribution in [0.4, 0.5) is 13.2 Å². The van der Waals surface area contributed by atoms with Crippen LogP contribution in [0.1, 0.15) is 19.8 Å². The number of hydrogen-bond acceptors (Lipinski definition) is 3. The molecule has 0 amide bonds. The van der Waals surface area contributed by atoms with Crippen LogP contribution < -0.4 is 5.73 Å². The van der Waals surface area contributed by atoms with E-state index in [9.17, 15) is 13.2 Å². The molecule has 0 aromatic rings. The Balaban J connectivity index is 2.70. The molecular formula is C8H15F3N2O. The molecule has 0 spiro atoms. The van der Waals surface area contributed by atoms with Crippen LogP contribution in [0.15, 0.2) is 0 Å². The highest BCUT2D eigenvalue weighted by Gasteiger charge is 2.48. The summed E-state index contributed by atoms with van der Waals surface area (Å²) in [5.41, 5.74) is 5.44. The van der Waals surface area contributed by atoms with E-state index in [1.165, 1.54) is 0 Å². The first-order valence-corrected chi connectivity index (χ1v) is 4.68. The summed E-state index contributed by atoms with van der Waals surface area (Å²) in [7, 11) is 0. The summed E-state index contributed by atoms with van der Waals surface area (Å²) >= 11 is 0. The van der Waals surface area contributed by atoms with Gasteiger partial charge in [-0.1, -0.05) is 6.92 Å². The van der Waals surface area contributed by atoms with Gasteiger partial charge < -0.3 is 5.73 Å². The second-order valence-electron chi connectivity index (χ2n) is 3.39. The van der Waals surface area contributed by atoms with Crippen molar-refractivity contribution < 1.29 is 18.0 Å². The summed E-state index contributed by atoms with van der Waals surface area (Å²) in [5, 5.41) is 0.966. The molecule has 3 nitrogen and oxygen atoms in total. The molecule has 1 rings (SSSR count). The first-order chi connectivity index (χ1) is 6.46. The molecular weight excluding hydrogens is 197 g/mol. The zero-order valence-corrected chi connectivity index (χ0v) is 8.05. The van der Waals surface area contributed by atoms with Crippen molar-refractivity contribution in [1.29, 1.82) is 0 Å². The van der Waals surface area contributed by atoms with Gasteiger partial charge in [0.1, 0.15) is 6.04 Å². The lowest BCUT2D eigenvalue weighted by molar-refractivity contribution is -0.259. The molecule has 2 N–H and O–H groups in total. The smallest absolute Gasteiger partial charge is 0.326 e. The van der Waals surface area contributed by atoms with Crippen molar-refractivity contribution in [3.8, 4) is 0 Å². The highest BCUT2D eigenvalue weighted by molar-refractivity contribution is 4.85. The maximum absolute atomic E-state index is 12.6. The van der Waals surface area contributed by atoms with E-state index in [2.05, 4.69) is 0 Å². The van der Waals surface area contributed by atoms with Gasteiger partial charge in [0.05, 0.1) is 6.61 Å². The fourth-order valence-electron chi connectivity index (χ4n) is 1.53. The molecule has 0 aromatic carbocycles. The normalized spacial score (nSPS) is 23.8. The highest BCUT2D eigenvalue weighted by atomic mass is 19.4. The molecule has 0 radical (unpaired) electrons. The lowest BCUT2D eigenvalue weighted by atomic mass is 10.1. The quantitative estimate of drug-likeness (QED) is 0.766. The minimum Gasteiger partial charge on any atom is -0.326 e. The fraction of sp³-hybridized carbons (Fsp3) is 1.00. The number of alkyl halides is 3. The molecule has 84 valence electrons. The van der Waals surface area contributed by atoms with Gasteiger partial charge in [-0.25, -0.2) is 0 Å². The number of nitrogens with zero attached hydrogens (tertiary/aromatic N) is 1. The van der Waals surface area contributed by atoms with Crippen LogP contribution in [-0.4, -0.2) is 36.5 Å². The van der Waals surface area contributed by atoms with Crippen LogP contribution in [-0.2, 0) is 4.84 Å². The average Bonchev–Trinajstić information content (AvgIpc) is 2.54. The van der Waals surface area contributed by atoms with E-state index < -0.39 is 18.3 Å². The molecule has 1 fully saturated rings. The van der Waals surface area contributed by atoms with Gasteiger partial charge in [0, 0.05) is 12.6 Å². The molecule has 1 saturated heterocycles. The minimum atomic E-state index is -4.32. The Morgan fingerprint density at radius 2 is 2.14 bits per heavy atom. The van der Waals surface area contributed by atoms with E-state index >= 15 is 0 Å². The molecule has 0 bridgehead atoms. The topological polar surface area (TPSA) is 38.5 Å². The van der Waals surface area contributed by atoms with E-state index in [-0.39, 0.29) is 6.42 Å². The monoisotopic (exact) mass is 212 g/mol. The van der Waals surface area contributed by atoms with Crippen molar-refractivity contribution in [3.63, 3.8) is 0 Å². The zero-order chi connectivity index (χ0) is 10.8. The van der Waals surface area contributed by atoms with Gasteiger partial charge in [-0.05, 0) is 12.8 Å². The van der Waals surface area contributed by atoms with Crippen molar-refractivity contribution >= 4 is 0 Å². The summed E-state index contributed by atoms with van der Waals surface area (Å²) in [6, 6.07) is -2.59. The Bertz CT molecular complexity index is 180. The highest BCUT2D eigenvalue weighted by Crippen LogP contribution is 2.29. The van der Waals surface area contributed by atoms with Gasteiger partial charge in [0.15, 0.2) is 0 Å². The molecule has 0 aromatic heterocycles. The second kappa shape index (κ2) is 4.46. The van der Waals surface area contributed by atoms with Crippen LogP contribution in [0.2, 0.25) is 0 Å². The van der Waals surface area contributed by atoms with E-state index in [1.807, 2.05) is 0 Å². The van der Waals surface area contributed by atoms with E-state index in [0.717, 1.165) is 5.06 Å². The number of rotatable bonds is 3. The maximum atomic E-state index is 12.6. The van der Waals surface area contributed by atoms with Crippen LogP contribution in [0.5, 0.6) is 0 Å². The Morgan fingerprint density at radius 1 is 1.50 bits per heavy atom. The third-order valence-corrected chi connectivity index (χ3v) is 2.30. The number of hydroxylamine groups is 2. The molecule has 1 aliphatic rings. The van der Waals surface area contributed by atoms with E-state index in [4.69, 9.17) is 10.6 Å². The van der Waals surface area contributed by atoms with Crippen LogP contribution in [0, 0.1) is 0 Å². The summed E-state index contributed by atoms with van der Waals surface area (Å²) < 4.78 is 37.8. The van der Waals surface area contributed by atoms with Gasteiger partial charge in [-0.3, -0.25) is 4.84 Å². The second-order valence-corrected chi connectivity index (χ2v) is 3.39. The Morgan fingerprint density at radius 3 is 2.50 bits per heavy atom. The summed E-state index contributed by atoms with van der Waals surface area (Å²) in [5.74, 6) is 0. The summed E-state index contributed by atoms with van der Waals surface area (Å²) in [6.45, 7) is 2.29. The lowest BCUT2D eigenvalue weighted by Crippen LogP contribution is -2.54. The Hall–Kier alpha value is -0.330. The largest absolute Gasteiger partial charge is 0.407 e. The van der Waals surface area contributed by atoms with Gasteiger partial charge in [0.25, 0.3) is 0 Å². The molecule has 6 heteroatoms. The standard InChI is InChI=1S/C8H15F3N2O/c1-2-6(12)7(8(9,10)11)13-4-3-5-14-13/h6-7H,2-5,12H2,1H3. The number of halogens is 3. The predicted octanol–water partition coefficient (Wildman–Crippen LogP) is 1.29. The van der Waals surface area contributed by atoms with Crippen molar-refractivity contribution in [2.75, 3.05) is 13.2 Å². The molecule has 1 heterocycles. The van der Waals surface area contributed by atoms with Crippen LogP contribution in [0.3, 0.4) is 0 Å². The third-order valence-electron chi connectivity index (χ3n) is 2.30. The fourth-order valence-corrected chi connectivity index (χ4v) is 1.53. The lowest BCUT2D eigenvalue weighted by Gasteiger charge is -2.31. The number of nitrogens with two attached hydrogens (primary N) is 1.